The van der Waals surface area contributed by atoms with E-state index in [0.717, 1.165) is 11.1 Å². The largest absolute Gasteiger partial charge is 0.493 e. The minimum absolute atomic E-state index is 0.170. The van der Waals surface area contributed by atoms with Gasteiger partial charge in [-0.2, -0.15) is 0 Å². The maximum absolute atomic E-state index is 11.9. The number of methoxy groups -OCH3 is 3. The fourth-order valence-corrected chi connectivity index (χ4v) is 2.67. The summed E-state index contributed by atoms with van der Waals surface area (Å²) in [7, 11) is 4.75. The number of benzene rings is 2. The van der Waals surface area contributed by atoms with Crippen LogP contribution in [0.25, 0.3) is 0 Å². The van der Waals surface area contributed by atoms with Gasteiger partial charge in [-0.15, -0.1) is 0 Å². The molecule has 0 atom stereocenters. The van der Waals surface area contributed by atoms with Gasteiger partial charge in [0.05, 0.1) is 34.2 Å². The van der Waals surface area contributed by atoms with Gasteiger partial charge in [0, 0.05) is 12.1 Å². The molecule has 0 aliphatic rings. The Labute approximate surface area is 176 Å². The molecule has 8 nitrogen and oxygen atoms in total. The Bertz CT molecular complexity index is 854. The number of nitrogens with zero attached hydrogens (tertiary/aromatic N) is 1. The van der Waals surface area contributed by atoms with Crippen molar-refractivity contribution in [1.82, 2.24) is 5.32 Å². The van der Waals surface area contributed by atoms with Crippen molar-refractivity contribution >= 4 is 12.1 Å². The van der Waals surface area contributed by atoms with Gasteiger partial charge in [-0.1, -0.05) is 11.2 Å². The molecule has 162 valence electrons. The van der Waals surface area contributed by atoms with E-state index in [0.29, 0.717) is 42.6 Å². The molecule has 2 aromatic carbocycles. The zero-order valence-electron chi connectivity index (χ0n) is 17.8. The fourth-order valence-electron chi connectivity index (χ4n) is 2.67. The van der Waals surface area contributed by atoms with E-state index in [1.807, 2.05) is 31.2 Å². The van der Waals surface area contributed by atoms with Gasteiger partial charge in [0.25, 0.3) is 5.91 Å². The molecule has 30 heavy (non-hydrogen) atoms. The third-order valence-electron chi connectivity index (χ3n) is 4.14. The number of carbonyl (C=O) groups is 1. The molecule has 8 heteroatoms. The highest BCUT2D eigenvalue weighted by atomic mass is 16.6. The van der Waals surface area contributed by atoms with E-state index in [1.165, 1.54) is 6.21 Å². The average molecular weight is 416 g/mol. The van der Waals surface area contributed by atoms with Crippen LogP contribution in [-0.4, -0.2) is 53.2 Å². The summed E-state index contributed by atoms with van der Waals surface area (Å²) in [6.07, 6.45) is 2.16. The van der Waals surface area contributed by atoms with Crippen LogP contribution in [0.15, 0.2) is 41.6 Å². The van der Waals surface area contributed by atoms with Gasteiger partial charge in [-0.25, -0.2) is 0 Å². The van der Waals surface area contributed by atoms with Gasteiger partial charge in [-0.05, 0) is 49.2 Å². The molecular formula is C22H28N2O6. The van der Waals surface area contributed by atoms with Crippen LogP contribution in [-0.2, 0) is 16.1 Å². The first-order chi connectivity index (χ1) is 14.6. The molecule has 0 saturated carbocycles. The summed E-state index contributed by atoms with van der Waals surface area (Å²) >= 11 is 0. The summed E-state index contributed by atoms with van der Waals surface area (Å²) in [6, 6.07) is 11.1. The first kappa shape index (κ1) is 22.9. The number of oxime groups is 1. The van der Waals surface area contributed by atoms with Gasteiger partial charge >= 0.3 is 0 Å². The number of hydrogen-bond acceptors (Lipinski definition) is 7. The molecule has 0 unspecified atom stereocenters. The van der Waals surface area contributed by atoms with Crippen molar-refractivity contribution < 1.29 is 28.6 Å². The lowest BCUT2D eigenvalue weighted by Crippen LogP contribution is -2.28. The zero-order valence-corrected chi connectivity index (χ0v) is 17.8. The van der Waals surface area contributed by atoms with E-state index in [4.69, 9.17) is 23.8 Å². The van der Waals surface area contributed by atoms with E-state index in [-0.39, 0.29) is 12.5 Å². The molecule has 0 saturated heterocycles. The quantitative estimate of drug-likeness (QED) is 0.423. The van der Waals surface area contributed by atoms with Gasteiger partial charge in [0.1, 0.15) is 0 Å². The van der Waals surface area contributed by atoms with Gasteiger partial charge in [0.15, 0.2) is 29.6 Å². The SMILES string of the molecule is CCOc1ccc(/C=N/OCC(=O)NCCc2ccc(OC)c(OC)c2)cc1OC. The monoisotopic (exact) mass is 416 g/mol. The molecule has 0 aliphatic heterocycles. The number of rotatable bonds is 12. The van der Waals surface area contributed by atoms with Crippen LogP contribution in [0.4, 0.5) is 0 Å². The van der Waals surface area contributed by atoms with E-state index in [9.17, 15) is 4.79 Å². The van der Waals surface area contributed by atoms with Crippen molar-refractivity contribution in [3.63, 3.8) is 0 Å². The molecule has 0 heterocycles. The van der Waals surface area contributed by atoms with Crippen LogP contribution >= 0.6 is 0 Å². The predicted octanol–water partition coefficient (Wildman–Crippen LogP) is 2.82. The second-order valence-electron chi connectivity index (χ2n) is 6.14. The summed E-state index contributed by atoms with van der Waals surface area (Å²) in [5.41, 5.74) is 1.79. The van der Waals surface area contributed by atoms with Gasteiger partial charge in [-0.3, -0.25) is 4.79 Å². The minimum atomic E-state index is -0.253. The Balaban J connectivity index is 1.75. The van der Waals surface area contributed by atoms with Crippen LogP contribution < -0.4 is 24.3 Å². The number of amides is 1. The van der Waals surface area contributed by atoms with Crippen molar-refractivity contribution in [2.45, 2.75) is 13.3 Å². The highest BCUT2D eigenvalue weighted by molar-refractivity contribution is 5.81. The Hall–Kier alpha value is -3.42. The third kappa shape index (κ3) is 6.88. The van der Waals surface area contributed by atoms with Crippen molar-refractivity contribution in [3.05, 3.63) is 47.5 Å². The number of hydrogen-bond donors (Lipinski definition) is 1. The molecule has 0 aromatic heterocycles. The summed E-state index contributed by atoms with van der Waals surface area (Å²) in [4.78, 5) is 17.0. The van der Waals surface area contributed by atoms with E-state index < -0.39 is 0 Å². The summed E-state index contributed by atoms with van der Waals surface area (Å²) in [5.74, 6) is 2.34. The number of nitrogens with one attached hydrogen (secondary N) is 1. The number of ether oxygens (including phenoxy) is 4. The summed E-state index contributed by atoms with van der Waals surface area (Å²) in [5, 5.41) is 6.62. The normalized spacial score (nSPS) is 10.5. The molecule has 0 spiro atoms. The minimum Gasteiger partial charge on any atom is -0.493 e. The van der Waals surface area contributed by atoms with Crippen LogP contribution in [0.3, 0.4) is 0 Å². The van der Waals surface area contributed by atoms with Crippen molar-refractivity contribution in [2.24, 2.45) is 5.16 Å². The molecular weight excluding hydrogens is 388 g/mol. The lowest BCUT2D eigenvalue weighted by Gasteiger charge is -2.10. The molecule has 2 aromatic rings. The Kier molecular flexibility index (Phi) is 9.30. The lowest BCUT2D eigenvalue weighted by molar-refractivity contribution is -0.125. The van der Waals surface area contributed by atoms with Crippen LogP contribution in [0, 0.1) is 0 Å². The third-order valence-corrected chi connectivity index (χ3v) is 4.14. The summed E-state index contributed by atoms with van der Waals surface area (Å²) < 4.78 is 21.2. The predicted molar refractivity (Wildman–Crippen MR) is 114 cm³/mol. The Morgan fingerprint density at radius 3 is 2.37 bits per heavy atom. The first-order valence-electron chi connectivity index (χ1n) is 9.55. The molecule has 1 N–H and O–H groups in total. The maximum atomic E-state index is 11.9. The second kappa shape index (κ2) is 12.2. The van der Waals surface area contributed by atoms with Crippen molar-refractivity contribution in [1.29, 1.82) is 0 Å². The van der Waals surface area contributed by atoms with Crippen molar-refractivity contribution in [3.8, 4) is 23.0 Å². The van der Waals surface area contributed by atoms with E-state index in [2.05, 4.69) is 10.5 Å². The maximum Gasteiger partial charge on any atom is 0.260 e. The van der Waals surface area contributed by atoms with E-state index in [1.54, 1.807) is 33.5 Å². The van der Waals surface area contributed by atoms with Crippen LogP contribution in [0.2, 0.25) is 0 Å². The second-order valence-corrected chi connectivity index (χ2v) is 6.14. The van der Waals surface area contributed by atoms with Crippen LogP contribution in [0.1, 0.15) is 18.1 Å². The topological polar surface area (TPSA) is 87.6 Å². The highest BCUT2D eigenvalue weighted by Gasteiger charge is 2.06. The Morgan fingerprint density at radius 2 is 1.67 bits per heavy atom. The zero-order chi connectivity index (χ0) is 21.8. The van der Waals surface area contributed by atoms with Gasteiger partial charge < -0.3 is 29.1 Å². The molecule has 0 bridgehead atoms. The molecule has 2 rings (SSSR count). The standard InChI is InChI=1S/C22H28N2O6/c1-5-29-19-9-7-17(13-21(19)28-4)14-24-30-15-22(25)23-11-10-16-6-8-18(26-2)20(12-16)27-3/h6-9,12-14H,5,10-11,15H2,1-4H3,(H,23,25)/b24-14+. The number of carbonyl (C=O) groups excluding carboxylic acids is 1. The molecule has 0 radical (unpaired) electrons. The fraction of sp³-hybridized carbons (Fsp3) is 0.364. The van der Waals surface area contributed by atoms with Crippen LogP contribution in [0.5, 0.6) is 23.0 Å². The summed E-state index contributed by atoms with van der Waals surface area (Å²) in [6.45, 7) is 2.75. The molecule has 1 amide bonds. The van der Waals surface area contributed by atoms with Gasteiger partial charge in [0.2, 0.25) is 0 Å². The van der Waals surface area contributed by atoms with Crippen molar-refractivity contribution in [2.75, 3.05) is 41.1 Å². The Morgan fingerprint density at radius 1 is 0.967 bits per heavy atom. The lowest BCUT2D eigenvalue weighted by atomic mass is 10.1. The highest BCUT2D eigenvalue weighted by Crippen LogP contribution is 2.28. The average Bonchev–Trinajstić information content (AvgIpc) is 2.77. The molecule has 0 aliphatic carbocycles. The first-order valence-corrected chi connectivity index (χ1v) is 9.55. The molecule has 0 fully saturated rings. The smallest absolute Gasteiger partial charge is 0.260 e. The van der Waals surface area contributed by atoms with E-state index >= 15 is 0 Å².